The predicted molar refractivity (Wildman–Crippen MR) is 55.5 cm³/mol. The maximum absolute atomic E-state index is 11.3. The lowest BCUT2D eigenvalue weighted by Crippen LogP contribution is -2.41. The van der Waals surface area contributed by atoms with Gasteiger partial charge in [0.05, 0.1) is 0 Å². The molecule has 2 heteroatoms. The van der Waals surface area contributed by atoms with Gasteiger partial charge in [-0.1, -0.05) is 12.8 Å². The van der Waals surface area contributed by atoms with Crippen molar-refractivity contribution in [2.24, 2.45) is 5.41 Å². The molecule has 76 valence electrons. The van der Waals surface area contributed by atoms with Crippen molar-refractivity contribution < 1.29 is 4.79 Å². The van der Waals surface area contributed by atoms with Crippen LogP contribution in [0.15, 0.2) is 0 Å². The molecular formula is C12H17NO. The van der Waals surface area contributed by atoms with Crippen LogP contribution in [0, 0.1) is 17.8 Å². The molecule has 14 heavy (non-hydrogen) atoms. The molecule has 1 amide bonds. The number of hydrogen-bond acceptors (Lipinski definition) is 1. The second-order valence-corrected chi connectivity index (χ2v) is 4.64. The highest BCUT2D eigenvalue weighted by molar-refractivity contribution is 5.92. The third kappa shape index (κ3) is 1.64. The summed E-state index contributed by atoms with van der Waals surface area (Å²) in [6.45, 7) is 1.76. The monoisotopic (exact) mass is 191 g/mol. The highest BCUT2D eigenvalue weighted by atomic mass is 16.2. The lowest BCUT2D eigenvalue weighted by molar-refractivity contribution is -0.127. The summed E-state index contributed by atoms with van der Waals surface area (Å²) in [5.74, 6) is 2.07. The molecule has 1 aliphatic heterocycles. The van der Waals surface area contributed by atoms with Gasteiger partial charge in [0.1, 0.15) is 0 Å². The zero-order valence-corrected chi connectivity index (χ0v) is 8.59. The van der Waals surface area contributed by atoms with E-state index in [2.05, 4.69) is 5.92 Å². The largest absolute Gasteiger partial charge is 0.332 e. The molecule has 2 rings (SSSR count). The quantitative estimate of drug-likeness (QED) is 0.535. The lowest BCUT2D eigenvalue weighted by Gasteiger charge is -2.38. The van der Waals surface area contributed by atoms with Gasteiger partial charge in [-0.2, -0.15) is 0 Å². The first-order valence-corrected chi connectivity index (χ1v) is 5.51. The molecule has 1 saturated heterocycles. The fourth-order valence-corrected chi connectivity index (χ4v) is 2.90. The van der Waals surface area contributed by atoms with Crippen LogP contribution in [-0.4, -0.2) is 23.9 Å². The van der Waals surface area contributed by atoms with Crippen molar-refractivity contribution in [3.05, 3.63) is 0 Å². The van der Waals surface area contributed by atoms with Crippen molar-refractivity contribution in [3.8, 4) is 12.3 Å². The summed E-state index contributed by atoms with van der Waals surface area (Å²) in [5.41, 5.74) is 0.575. The Kier molecular flexibility index (Phi) is 2.50. The average molecular weight is 191 g/mol. The maximum atomic E-state index is 11.3. The summed E-state index contributed by atoms with van der Waals surface area (Å²) in [4.78, 5) is 13.1. The third-order valence-corrected chi connectivity index (χ3v) is 3.90. The number of likely N-dealkylation sites (tertiary alicyclic amines) is 1. The van der Waals surface area contributed by atoms with E-state index in [4.69, 9.17) is 6.42 Å². The first-order valence-electron chi connectivity index (χ1n) is 5.51. The van der Waals surface area contributed by atoms with Gasteiger partial charge in [-0.25, -0.2) is 0 Å². The van der Waals surface area contributed by atoms with Gasteiger partial charge in [0.15, 0.2) is 0 Å². The molecule has 0 aromatic rings. The van der Waals surface area contributed by atoms with Crippen LogP contribution in [0.25, 0.3) is 0 Å². The fourth-order valence-electron chi connectivity index (χ4n) is 2.90. The Balaban J connectivity index is 1.92. The smallest absolute Gasteiger partial charge is 0.298 e. The summed E-state index contributed by atoms with van der Waals surface area (Å²) in [5, 5.41) is 0. The topological polar surface area (TPSA) is 20.3 Å². The minimum Gasteiger partial charge on any atom is -0.332 e. The molecule has 2 nitrogen and oxygen atoms in total. The molecule has 0 N–H and O–H groups in total. The molecule has 2 aliphatic rings. The van der Waals surface area contributed by atoms with E-state index in [1.807, 2.05) is 4.90 Å². The summed E-state index contributed by atoms with van der Waals surface area (Å²) < 4.78 is 0. The Morgan fingerprint density at radius 2 is 1.71 bits per heavy atom. The molecule has 1 aliphatic carbocycles. The number of amides is 1. The Morgan fingerprint density at radius 1 is 1.14 bits per heavy atom. The van der Waals surface area contributed by atoms with E-state index >= 15 is 0 Å². The molecular weight excluding hydrogens is 174 g/mol. The van der Waals surface area contributed by atoms with Crippen LogP contribution in [0.1, 0.15) is 38.5 Å². The minimum atomic E-state index is -0.127. The highest BCUT2D eigenvalue weighted by Crippen LogP contribution is 2.45. The number of terminal acetylenes is 1. The standard InChI is InChI=1S/C12H17NO/c1-2-11(14)13-9-7-12(8-10-13)5-3-4-6-12/h1H,3-10H2. The summed E-state index contributed by atoms with van der Waals surface area (Å²) in [6.07, 6.45) is 12.9. The van der Waals surface area contributed by atoms with Crippen molar-refractivity contribution in [1.29, 1.82) is 0 Å². The number of rotatable bonds is 0. The van der Waals surface area contributed by atoms with Crippen molar-refractivity contribution in [2.45, 2.75) is 38.5 Å². The van der Waals surface area contributed by atoms with E-state index in [9.17, 15) is 4.79 Å². The van der Waals surface area contributed by atoms with Gasteiger partial charge in [-0.3, -0.25) is 4.79 Å². The molecule has 0 radical (unpaired) electrons. The average Bonchev–Trinajstić information content (AvgIpc) is 2.67. The molecule has 1 heterocycles. The van der Waals surface area contributed by atoms with Gasteiger partial charge in [-0.15, -0.1) is 6.42 Å². The molecule has 0 atom stereocenters. The van der Waals surface area contributed by atoms with Crippen molar-refractivity contribution in [3.63, 3.8) is 0 Å². The molecule has 0 unspecified atom stereocenters. The number of nitrogens with zero attached hydrogens (tertiary/aromatic N) is 1. The predicted octanol–water partition coefficient (Wildman–Crippen LogP) is 1.80. The number of carbonyl (C=O) groups excluding carboxylic acids is 1. The molecule has 0 aromatic carbocycles. The van der Waals surface area contributed by atoms with E-state index in [1.54, 1.807) is 0 Å². The molecule has 1 saturated carbocycles. The molecule has 0 aromatic heterocycles. The van der Waals surface area contributed by atoms with Gasteiger partial charge >= 0.3 is 0 Å². The van der Waals surface area contributed by atoms with Gasteiger partial charge in [-0.05, 0) is 37.0 Å². The van der Waals surface area contributed by atoms with Crippen LogP contribution >= 0.6 is 0 Å². The maximum Gasteiger partial charge on any atom is 0.298 e. The summed E-state index contributed by atoms with van der Waals surface area (Å²) >= 11 is 0. The van der Waals surface area contributed by atoms with Crippen molar-refractivity contribution in [1.82, 2.24) is 4.90 Å². The van der Waals surface area contributed by atoms with Crippen LogP contribution < -0.4 is 0 Å². The van der Waals surface area contributed by atoms with E-state index in [-0.39, 0.29) is 5.91 Å². The first kappa shape index (κ1) is 9.58. The van der Waals surface area contributed by atoms with E-state index < -0.39 is 0 Å². The van der Waals surface area contributed by atoms with E-state index in [0.29, 0.717) is 5.41 Å². The van der Waals surface area contributed by atoms with Crippen LogP contribution in [0.5, 0.6) is 0 Å². The van der Waals surface area contributed by atoms with E-state index in [1.165, 1.54) is 38.5 Å². The highest BCUT2D eigenvalue weighted by Gasteiger charge is 2.37. The molecule has 2 fully saturated rings. The fraction of sp³-hybridized carbons (Fsp3) is 0.750. The van der Waals surface area contributed by atoms with Crippen LogP contribution in [-0.2, 0) is 4.79 Å². The number of hydrogen-bond donors (Lipinski definition) is 0. The second kappa shape index (κ2) is 3.65. The van der Waals surface area contributed by atoms with E-state index in [0.717, 1.165) is 13.1 Å². The number of piperidine rings is 1. The number of carbonyl (C=O) groups is 1. The SMILES string of the molecule is C#CC(=O)N1CCC2(CCCC2)CC1. The van der Waals surface area contributed by atoms with Gasteiger partial charge < -0.3 is 4.90 Å². The second-order valence-electron chi connectivity index (χ2n) is 4.64. The van der Waals surface area contributed by atoms with Crippen LogP contribution in [0.3, 0.4) is 0 Å². The zero-order valence-electron chi connectivity index (χ0n) is 8.59. The normalized spacial score (nSPS) is 24.9. The summed E-state index contributed by atoms with van der Waals surface area (Å²) in [7, 11) is 0. The van der Waals surface area contributed by atoms with Gasteiger partial charge in [0, 0.05) is 13.1 Å². The Hall–Kier alpha value is -0.970. The van der Waals surface area contributed by atoms with Crippen LogP contribution in [0.4, 0.5) is 0 Å². The van der Waals surface area contributed by atoms with Crippen molar-refractivity contribution >= 4 is 5.91 Å². The Bertz CT molecular complexity index is 261. The summed E-state index contributed by atoms with van der Waals surface area (Å²) in [6, 6.07) is 0. The van der Waals surface area contributed by atoms with Crippen LogP contribution in [0.2, 0.25) is 0 Å². The lowest BCUT2D eigenvalue weighted by atomic mass is 9.77. The van der Waals surface area contributed by atoms with Gasteiger partial charge in [0.2, 0.25) is 0 Å². The van der Waals surface area contributed by atoms with Crippen molar-refractivity contribution in [2.75, 3.05) is 13.1 Å². The molecule has 1 spiro atoms. The Morgan fingerprint density at radius 3 is 2.21 bits per heavy atom. The first-order chi connectivity index (χ1) is 6.76. The third-order valence-electron chi connectivity index (χ3n) is 3.90. The van der Waals surface area contributed by atoms with Gasteiger partial charge in [0.25, 0.3) is 5.91 Å². The zero-order chi connectivity index (χ0) is 10.0. The Labute approximate surface area is 85.7 Å². The minimum absolute atomic E-state index is 0.127. The molecule has 0 bridgehead atoms.